The number of nitrogens with zero attached hydrogens (tertiary/aromatic N) is 3. The normalized spacial score (nSPS) is 12.0. The Morgan fingerprint density at radius 3 is 1.30 bits per heavy atom. The molecule has 3 nitrogen and oxygen atoms in total. The minimum absolute atomic E-state index is 1.13. The molecular formula is C66H45N3Si. The lowest BCUT2D eigenvalue weighted by atomic mass is 10.0. The van der Waals surface area contributed by atoms with E-state index in [4.69, 9.17) is 0 Å². The first-order valence-electron chi connectivity index (χ1n) is 24.2. The van der Waals surface area contributed by atoms with Crippen LogP contribution >= 0.6 is 0 Å². The lowest BCUT2D eigenvalue weighted by Crippen LogP contribution is -2.74. The molecule has 0 bridgehead atoms. The van der Waals surface area contributed by atoms with Crippen LogP contribution in [0.5, 0.6) is 0 Å². The minimum atomic E-state index is -2.87. The van der Waals surface area contributed by atoms with Gasteiger partial charge in [0.1, 0.15) is 0 Å². The summed E-state index contributed by atoms with van der Waals surface area (Å²) in [7, 11) is -2.87. The van der Waals surface area contributed by atoms with Gasteiger partial charge in [0.2, 0.25) is 0 Å². The summed E-state index contributed by atoms with van der Waals surface area (Å²) in [6.07, 6.45) is 0. The van der Waals surface area contributed by atoms with Gasteiger partial charge in [0, 0.05) is 43.6 Å². The summed E-state index contributed by atoms with van der Waals surface area (Å²) >= 11 is 0. The maximum atomic E-state index is 2.56. The molecule has 3 heterocycles. The van der Waals surface area contributed by atoms with Crippen molar-refractivity contribution in [1.29, 1.82) is 0 Å². The Balaban J connectivity index is 1.11. The Labute approximate surface area is 407 Å². The van der Waals surface area contributed by atoms with Crippen molar-refractivity contribution in [3.63, 3.8) is 0 Å². The highest BCUT2D eigenvalue weighted by Crippen LogP contribution is 2.43. The van der Waals surface area contributed by atoms with Gasteiger partial charge in [-0.2, -0.15) is 0 Å². The van der Waals surface area contributed by atoms with E-state index in [-0.39, 0.29) is 0 Å². The fourth-order valence-electron chi connectivity index (χ4n) is 11.9. The van der Waals surface area contributed by atoms with Gasteiger partial charge < -0.3 is 13.7 Å². The molecule has 3 aromatic heterocycles. The SMILES string of the molecule is c1ccc(-c2ccccc2-n2c3ccc(-n4c5ccccc5c5ccccc54)cc3c3cccc(-n4c5ccccc5c5ccc([Si](c6ccccc6)(c6ccccc6)c6ccccc6)cc54)c32)cc1. The van der Waals surface area contributed by atoms with Crippen LogP contribution in [0.1, 0.15) is 0 Å². The predicted molar refractivity (Wildman–Crippen MR) is 299 cm³/mol. The third kappa shape index (κ3) is 5.94. The monoisotopic (exact) mass is 907 g/mol. The molecule has 0 saturated carbocycles. The standard InChI is InChI=1S/C66H45N3Si/c1-5-22-46(23-6-1)52-30-13-17-35-59(52)69-63-43-40-47(67-60-36-18-14-31-53(60)54-32-15-19-37-61(54)67)44-58(63)57-34-21-39-64(66(57)69)68-62-38-20-16-33-55(62)56-42-41-51(45-65(56)68)70(48-24-7-2-8-25-48,49-26-9-3-10-27-49)50-28-11-4-12-29-50/h1-45H. The van der Waals surface area contributed by atoms with Crippen LogP contribution < -0.4 is 20.7 Å². The number of rotatable bonds is 8. The number of benzene rings is 11. The van der Waals surface area contributed by atoms with Crippen molar-refractivity contribution in [3.8, 4) is 28.2 Å². The Hall–Kier alpha value is -8.96. The van der Waals surface area contributed by atoms with Crippen LogP contribution in [0.3, 0.4) is 0 Å². The molecule has 70 heavy (non-hydrogen) atoms. The second-order valence-electron chi connectivity index (χ2n) is 18.4. The third-order valence-corrected chi connectivity index (χ3v) is 19.6. The fourth-order valence-corrected chi connectivity index (χ4v) is 16.6. The molecule has 0 fully saturated rings. The van der Waals surface area contributed by atoms with E-state index in [0.717, 1.165) is 28.1 Å². The van der Waals surface area contributed by atoms with Gasteiger partial charge in [0.15, 0.2) is 8.07 Å². The highest BCUT2D eigenvalue weighted by molar-refractivity contribution is 7.20. The van der Waals surface area contributed by atoms with E-state index >= 15 is 0 Å². The zero-order valence-electron chi connectivity index (χ0n) is 38.3. The maximum Gasteiger partial charge on any atom is 0.179 e. The molecule has 0 unspecified atom stereocenters. The first kappa shape index (κ1) is 40.1. The van der Waals surface area contributed by atoms with Gasteiger partial charge >= 0.3 is 0 Å². The minimum Gasteiger partial charge on any atom is -0.309 e. The molecule has 11 aromatic carbocycles. The molecule has 0 aliphatic rings. The van der Waals surface area contributed by atoms with Crippen molar-refractivity contribution in [2.45, 2.75) is 0 Å². The second-order valence-corrected chi connectivity index (χ2v) is 22.2. The van der Waals surface area contributed by atoms with Gasteiger partial charge in [-0.05, 0) is 80.9 Å². The van der Waals surface area contributed by atoms with Crippen LogP contribution in [-0.4, -0.2) is 21.8 Å². The van der Waals surface area contributed by atoms with Crippen molar-refractivity contribution in [2.24, 2.45) is 0 Å². The molecule has 328 valence electrons. The summed E-state index contributed by atoms with van der Waals surface area (Å²) in [6, 6.07) is 101. The first-order valence-corrected chi connectivity index (χ1v) is 26.2. The highest BCUT2D eigenvalue weighted by Gasteiger charge is 2.41. The Bertz CT molecular complexity index is 4130. The van der Waals surface area contributed by atoms with Gasteiger partial charge in [-0.3, -0.25) is 0 Å². The molecule has 0 amide bonds. The summed E-state index contributed by atoms with van der Waals surface area (Å²) in [4.78, 5) is 0. The first-order chi connectivity index (χ1) is 34.8. The Kier molecular flexibility index (Phi) is 9.23. The smallest absolute Gasteiger partial charge is 0.179 e. The third-order valence-electron chi connectivity index (χ3n) is 14.8. The molecule has 0 spiro atoms. The Morgan fingerprint density at radius 2 is 0.700 bits per heavy atom. The molecular weight excluding hydrogens is 863 g/mol. The molecule has 0 saturated heterocycles. The summed E-state index contributed by atoms with van der Waals surface area (Å²) in [5, 5.41) is 12.8. The zero-order chi connectivity index (χ0) is 46.2. The fraction of sp³-hybridized carbons (Fsp3) is 0. The van der Waals surface area contributed by atoms with Crippen molar-refractivity contribution in [2.75, 3.05) is 0 Å². The largest absolute Gasteiger partial charge is 0.309 e. The maximum absolute atomic E-state index is 2.87. The summed E-state index contributed by atoms with van der Waals surface area (Å²) in [6.45, 7) is 0. The average molecular weight is 908 g/mol. The van der Waals surface area contributed by atoms with Gasteiger partial charge in [0.25, 0.3) is 0 Å². The summed E-state index contributed by atoms with van der Waals surface area (Å²) in [5.74, 6) is 0. The average Bonchev–Trinajstić information content (AvgIpc) is 4.08. The molecule has 0 N–H and O–H groups in total. The number of fused-ring (bicyclic) bond motifs is 9. The van der Waals surface area contributed by atoms with Gasteiger partial charge in [-0.15, -0.1) is 0 Å². The highest BCUT2D eigenvalue weighted by atomic mass is 28.3. The number of aromatic nitrogens is 3. The van der Waals surface area contributed by atoms with Gasteiger partial charge in [-0.25, -0.2) is 0 Å². The number of para-hydroxylation sites is 5. The second kappa shape index (κ2) is 16.1. The van der Waals surface area contributed by atoms with E-state index in [1.165, 1.54) is 86.3 Å². The quantitative estimate of drug-likeness (QED) is 0.107. The zero-order valence-corrected chi connectivity index (χ0v) is 39.3. The molecule has 14 rings (SSSR count). The van der Waals surface area contributed by atoms with E-state index in [1.807, 2.05) is 0 Å². The molecule has 0 aliphatic heterocycles. The topological polar surface area (TPSA) is 14.8 Å². The van der Waals surface area contributed by atoms with E-state index < -0.39 is 8.07 Å². The van der Waals surface area contributed by atoms with Crippen molar-refractivity contribution >= 4 is 94.2 Å². The van der Waals surface area contributed by atoms with Crippen LogP contribution in [0.4, 0.5) is 0 Å². The van der Waals surface area contributed by atoms with E-state index in [9.17, 15) is 0 Å². The number of hydrogen-bond donors (Lipinski definition) is 0. The van der Waals surface area contributed by atoms with Gasteiger partial charge in [0.05, 0.1) is 44.5 Å². The molecule has 4 heteroatoms. The summed E-state index contributed by atoms with van der Waals surface area (Å²) < 4.78 is 7.54. The van der Waals surface area contributed by atoms with Crippen LogP contribution in [0, 0.1) is 0 Å². The van der Waals surface area contributed by atoms with Crippen molar-refractivity contribution in [1.82, 2.24) is 13.7 Å². The van der Waals surface area contributed by atoms with E-state index in [1.54, 1.807) is 0 Å². The molecule has 0 atom stereocenters. The van der Waals surface area contributed by atoms with Crippen LogP contribution in [0.25, 0.3) is 93.6 Å². The predicted octanol–water partition coefficient (Wildman–Crippen LogP) is 14.0. The van der Waals surface area contributed by atoms with Crippen molar-refractivity contribution < 1.29 is 0 Å². The van der Waals surface area contributed by atoms with Crippen LogP contribution in [0.2, 0.25) is 0 Å². The lowest BCUT2D eigenvalue weighted by molar-refractivity contribution is 1.13. The van der Waals surface area contributed by atoms with Crippen LogP contribution in [-0.2, 0) is 0 Å². The van der Waals surface area contributed by atoms with E-state index in [2.05, 4.69) is 287 Å². The molecule has 0 aliphatic carbocycles. The number of hydrogen-bond acceptors (Lipinski definition) is 0. The van der Waals surface area contributed by atoms with E-state index in [0.29, 0.717) is 0 Å². The summed E-state index contributed by atoms with van der Waals surface area (Å²) in [5.41, 5.74) is 12.8. The van der Waals surface area contributed by atoms with Gasteiger partial charge in [-0.1, -0.05) is 218 Å². The molecule has 14 aromatic rings. The van der Waals surface area contributed by atoms with Crippen molar-refractivity contribution in [3.05, 3.63) is 273 Å². The lowest BCUT2D eigenvalue weighted by Gasteiger charge is -2.34. The van der Waals surface area contributed by atoms with Crippen LogP contribution in [0.15, 0.2) is 273 Å². The molecule has 0 radical (unpaired) electrons. The Morgan fingerprint density at radius 1 is 0.243 bits per heavy atom.